The molecule has 0 unspecified atom stereocenters. The van der Waals surface area contributed by atoms with Crippen molar-refractivity contribution in [1.29, 1.82) is 0 Å². The lowest BCUT2D eigenvalue weighted by atomic mass is 10.2. The third kappa shape index (κ3) is 0.556. The molecule has 1 heteroatoms. The van der Waals surface area contributed by atoms with Crippen molar-refractivity contribution in [2.75, 3.05) is 13.1 Å². The highest BCUT2D eigenvalue weighted by atomic mass is 15.2. The predicted octanol–water partition coefficient (Wildman–Crippen LogP) is 0.855. The van der Waals surface area contributed by atoms with E-state index in [9.17, 15) is 0 Å². The summed E-state index contributed by atoms with van der Waals surface area (Å²) in [6.07, 6.45) is 4.43. The SMILES string of the molecule is C1CN(C2CC2)C1. The molecule has 0 radical (unpaired) electrons. The van der Waals surface area contributed by atoms with Gasteiger partial charge in [-0.2, -0.15) is 0 Å². The number of hydrogen-bond donors (Lipinski definition) is 0. The van der Waals surface area contributed by atoms with E-state index in [0.29, 0.717) is 0 Å². The molecule has 2 fully saturated rings. The van der Waals surface area contributed by atoms with Gasteiger partial charge in [0.05, 0.1) is 0 Å². The molecule has 0 bridgehead atoms. The van der Waals surface area contributed by atoms with Crippen molar-refractivity contribution >= 4 is 0 Å². The van der Waals surface area contributed by atoms with Crippen LogP contribution in [0.2, 0.25) is 0 Å². The summed E-state index contributed by atoms with van der Waals surface area (Å²) in [5, 5.41) is 0. The monoisotopic (exact) mass is 97.1 g/mol. The number of rotatable bonds is 1. The van der Waals surface area contributed by atoms with Crippen molar-refractivity contribution in [2.45, 2.75) is 25.3 Å². The van der Waals surface area contributed by atoms with Gasteiger partial charge in [-0.25, -0.2) is 0 Å². The molecule has 1 aliphatic heterocycles. The Balaban J connectivity index is 1.83. The quantitative estimate of drug-likeness (QED) is 0.469. The van der Waals surface area contributed by atoms with Crippen LogP contribution in [0.5, 0.6) is 0 Å². The Hall–Kier alpha value is -0.0400. The van der Waals surface area contributed by atoms with Crippen molar-refractivity contribution in [3.05, 3.63) is 0 Å². The predicted molar refractivity (Wildman–Crippen MR) is 29.2 cm³/mol. The summed E-state index contributed by atoms with van der Waals surface area (Å²) < 4.78 is 0. The third-order valence-corrected chi connectivity index (χ3v) is 1.95. The molecular formula is C6H11N. The van der Waals surface area contributed by atoms with Crippen LogP contribution >= 0.6 is 0 Å². The van der Waals surface area contributed by atoms with Crippen LogP contribution in [0.4, 0.5) is 0 Å². The lowest BCUT2D eigenvalue weighted by Crippen LogP contribution is -2.38. The Kier molecular flexibility index (Phi) is 0.680. The van der Waals surface area contributed by atoms with E-state index in [1.165, 1.54) is 32.4 Å². The fourth-order valence-corrected chi connectivity index (χ4v) is 1.15. The van der Waals surface area contributed by atoms with E-state index in [4.69, 9.17) is 0 Å². The number of likely N-dealkylation sites (tertiary alicyclic amines) is 1. The molecule has 40 valence electrons. The van der Waals surface area contributed by atoms with Crippen molar-refractivity contribution in [2.24, 2.45) is 0 Å². The summed E-state index contributed by atoms with van der Waals surface area (Å²) in [7, 11) is 0. The zero-order chi connectivity index (χ0) is 4.69. The second-order valence-corrected chi connectivity index (χ2v) is 2.62. The number of hydrogen-bond acceptors (Lipinski definition) is 1. The Morgan fingerprint density at radius 3 is 2.00 bits per heavy atom. The van der Waals surface area contributed by atoms with Gasteiger partial charge in [-0.15, -0.1) is 0 Å². The maximum atomic E-state index is 2.58. The van der Waals surface area contributed by atoms with Crippen LogP contribution in [-0.4, -0.2) is 24.0 Å². The largest absolute Gasteiger partial charge is 0.300 e. The summed E-state index contributed by atoms with van der Waals surface area (Å²) in [5.74, 6) is 0. The van der Waals surface area contributed by atoms with Crippen LogP contribution in [0.3, 0.4) is 0 Å². The van der Waals surface area contributed by atoms with Crippen molar-refractivity contribution < 1.29 is 0 Å². The Bertz CT molecular complexity index is 72.2. The van der Waals surface area contributed by atoms with Crippen LogP contribution in [0.25, 0.3) is 0 Å². The fraction of sp³-hybridized carbons (Fsp3) is 1.00. The standard InChI is InChI=1S/C6H11N/c1-4-7(5-1)6-2-3-6/h6H,1-5H2. The van der Waals surface area contributed by atoms with Crippen molar-refractivity contribution in [1.82, 2.24) is 4.90 Å². The van der Waals surface area contributed by atoms with Crippen LogP contribution in [-0.2, 0) is 0 Å². The zero-order valence-electron chi connectivity index (χ0n) is 4.56. The Labute approximate surface area is 44.3 Å². The van der Waals surface area contributed by atoms with Gasteiger partial charge in [-0.1, -0.05) is 0 Å². The van der Waals surface area contributed by atoms with Crippen LogP contribution in [0.15, 0.2) is 0 Å². The van der Waals surface area contributed by atoms with Gasteiger partial charge in [0.25, 0.3) is 0 Å². The van der Waals surface area contributed by atoms with Gasteiger partial charge in [-0.3, -0.25) is 0 Å². The molecule has 1 aliphatic carbocycles. The molecule has 0 atom stereocenters. The van der Waals surface area contributed by atoms with E-state index in [-0.39, 0.29) is 0 Å². The zero-order valence-corrected chi connectivity index (χ0v) is 4.56. The van der Waals surface area contributed by atoms with E-state index in [1.54, 1.807) is 0 Å². The second kappa shape index (κ2) is 1.22. The second-order valence-electron chi connectivity index (χ2n) is 2.62. The smallest absolute Gasteiger partial charge is 0.00964 e. The molecule has 1 saturated carbocycles. The van der Waals surface area contributed by atoms with E-state index in [1.807, 2.05) is 0 Å². The minimum Gasteiger partial charge on any atom is -0.300 e. The molecule has 0 N–H and O–H groups in total. The molecule has 2 aliphatic rings. The minimum absolute atomic E-state index is 1.04. The summed E-state index contributed by atoms with van der Waals surface area (Å²) >= 11 is 0. The highest BCUT2D eigenvalue weighted by Gasteiger charge is 2.31. The molecule has 0 aromatic carbocycles. The summed E-state index contributed by atoms with van der Waals surface area (Å²) in [6.45, 7) is 2.79. The first-order valence-electron chi connectivity index (χ1n) is 3.21. The van der Waals surface area contributed by atoms with E-state index in [2.05, 4.69) is 4.90 Å². The lowest BCUT2D eigenvalue weighted by molar-refractivity contribution is 0.171. The van der Waals surface area contributed by atoms with Gasteiger partial charge in [0.1, 0.15) is 0 Å². The maximum Gasteiger partial charge on any atom is 0.00964 e. The molecule has 0 aromatic heterocycles. The topological polar surface area (TPSA) is 3.24 Å². The first-order chi connectivity index (χ1) is 3.47. The molecule has 1 nitrogen and oxygen atoms in total. The van der Waals surface area contributed by atoms with Gasteiger partial charge >= 0.3 is 0 Å². The minimum atomic E-state index is 1.04. The normalized spacial score (nSPS) is 32.6. The average Bonchev–Trinajstić information content (AvgIpc) is 2.10. The van der Waals surface area contributed by atoms with Gasteiger partial charge in [0.2, 0.25) is 0 Å². The number of nitrogens with zero attached hydrogens (tertiary/aromatic N) is 1. The van der Waals surface area contributed by atoms with Crippen molar-refractivity contribution in [3.8, 4) is 0 Å². The summed E-state index contributed by atoms with van der Waals surface area (Å²) in [5.41, 5.74) is 0. The van der Waals surface area contributed by atoms with Crippen LogP contribution in [0, 0.1) is 0 Å². The first-order valence-corrected chi connectivity index (χ1v) is 3.21. The molecular weight excluding hydrogens is 86.1 g/mol. The van der Waals surface area contributed by atoms with Gasteiger partial charge < -0.3 is 4.90 Å². The lowest BCUT2D eigenvalue weighted by Gasteiger charge is -2.30. The van der Waals surface area contributed by atoms with E-state index in [0.717, 1.165) is 6.04 Å². The molecule has 2 rings (SSSR count). The maximum absolute atomic E-state index is 2.58. The summed E-state index contributed by atoms with van der Waals surface area (Å²) in [4.78, 5) is 2.58. The molecule has 0 spiro atoms. The fourth-order valence-electron chi connectivity index (χ4n) is 1.15. The average molecular weight is 97.2 g/mol. The molecule has 0 aromatic rings. The van der Waals surface area contributed by atoms with Gasteiger partial charge in [0.15, 0.2) is 0 Å². The molecule has 1 heterocycles. The van der Waals surface area contributed by atoms with Crippen molar-refractivity contribution in [3.63, 3.8) is 0 Å². The third-order valence-electron chi connectivity index (χ3n) is 1.95. The van der Waals surface area contributed by atoms with E-state index >= 15 is 0 Å². The Morgan fingerprint density at radius 1 is 1.14 bits per heavy atom. The first kappa shape index (κ1) is 3.90. The molecule has 1 saturated heterocycles. The van der Waals surface area contributed by atoms with Gasteiger partial charge in [0, 0.05) is 6.04 Å². The van der Waals surface area contributed by atoms with Crippen LogP contribution in [0.1, 0.15) is 19.3 Å². The summed E-state index contributed by atoms with van der Waals surface area (Å²) in [6, 6.07) is 1.04. The Morgan fingerprint density at radius 2 is 1.86 bits per heavy atom. The highest BCUT2D eigenvalue weighted by molar-refractivity contribution is 4.88. The molecule has 0 amide bonds. The van der Waals surface area contributed by atoms with Crippen LogP contribution < -0.4 is 0 Å². The molecule has 7 heavy (non-hydrogen) atoms. The van der Waals surface area contributed by atoms with E-state index < -0.39 is 0 Å². The van der Waals surface area contributed by atoms with Gasteiger partial charge in [-0.05, 0) is 32.4 Å². The highest BCUT2D eigenvalue weighted by Crippen LogP contribution is 2.29.